The number of aromatic nitrogens is 1. The van der Waals surface area contributed by atoms with Gasteiger partial charge in [0.25, 0.3) is 5.56 Å². The second kappa shape index (κ2) is 4.93. The minimum Gasteiger partial charge on any atom is -0.504 e. The molecule has 2 aromatic rings. The summed E-state index contributed by atoms with van der Waals surface area (Å²) in [7, 11) is 1.43. The van der Waals surface area contributed by atoms with Crippen LogP contribution in [-0.4, -0.2) is 27.4 Å². The molecule has 6 heteroatoms. The predicted octanol–water partition coefficient (Wildman–Crippen LogP) is 1.09. The monoisotopic (exact) mass is 263 g/mol. The van der Waals surface area contributed by atoms with Crippen molar-refractivity contribution in [2.75, 3.05) is 7.11 Å². The zero-order valence-electron chi connectivity index (χ0n) is 10.2. The van der Waals surface area contributed by atoms with Gasteiger partial charge in [-0.05, 0) is 17.7 Å². The SMILES string of the molecule is COc1cc(Cc2c[nH]c(=O)c(O)c2O)ccc1O. The largest absolute Gasteiger partial charge is 0.504 e. The molecule has 0 amide bonds. The van der Waals surface area contributed by atoms with E-state index in [9.17, 15) is 20.1 Å². The number of hydrogen-bond donors (Lipinski definition) is 4. The zero-order valence-corrected chi connectivity index (χ0v) is 10.2. The van der Waals surface area contributed by atoms with Crippen molar-refractivity contribution < 1.29 is 20.1 Å². The van der Waals surface area contributed by atoms with E-state index in [1.807, 2.05) is 0 Å². The summed E-state index contributed by atoms with van der Waals surface area (Å²) < 4.78 is 4.98. The third kappa shape index (κ3) is 2.47. The lowest BCUT2D eigenvalue weighted by molar-refractivity contribution is 0.373. The number of phenolic OH excluding ortho intramolecular Hbond substituents is 1. The third-order valence-corrected chi connectivity index (χ3v) is 2.76. The minimum atomic E-state index is -0.746. The molecular weight excluding hydrogens is 250 g/mol. The number of ether oxygens (including phenoxy) is 1. The zero-order chi connectivity index (χ0) is 14.0. The van der Waals surface area contributed by atoms with Crippen molar-refractivity contribution in [1.82, 2.24) is 4.98 Å². The molecule has 0 saturated heterocycles. The van der Waals surface area contributed by atoms with E-state index in [0.29, 0.717) is 11.3 Å². The van der Waals surface area contributed by atoms with Crippen LogP contribution < -0.4 is 10.3 Å². The van der Waals surface area contributed by atoms with Crippen molar-refractivity contribution >= 4 is 0 Å². The highest BCUT2D eigenvalue weighted by molar-refractivity contribution is 5.47. The van der Waals surface area contributed by atoms with Gasteiger partial charge < -0.3 is 25.0 Å². The summed E-state index contributed by atoms with van der Waals surface area (Å²) in [6.45, 7) is 0. The first-order valence-corrected chi connectivity index (χ1v) is 5.51. The molecule has 6 nitrogen and oxygen atoms in total. The Morgan fingerprint density at radius 2 is 1.95 bits per heavy atom. The molecule has 1 aromatic heterocycles. The van der Waals surface area contributed by atoms with E-state index in [0.717, 1.165) is 5.56 Å². The van der Waals surface area contributed by atoms with Crippen LogP contribution in [0.25, 0.3) is 0 Å². The smallest absolute Gasteiger partial charge is 0.294 e. The molecule has 2 rings (SSSR count). The quantitative estimate of drug-likeness (QED) is 0.663. The van der Waals surface area contributed by atoms with Gasteiger partial charge in [-0.3, -0.25) is 4.79 Å². The van der Waals surface area contributed by atoms with Gasteiger partial charge in [0.15, 0.2) is 17.2 Å². The van der Waals surface area contributed by atoms with Crippen LogP contribution in [0.1, 0.15) is 11.1 Å². The maximum absolute atomic E-state index is 11.1. The van der Waals surface area contributed by atoms with E-state index in [-0.39, 0.29) is 12.2 Å². The number of nitrogens with one attached hydrogen (secondary N) is 1. The highest BCUT2D eigenvalue weighted by Crippen LogP contribution is 2.30. The number of rotatable bonds is 3. The number of H-pyrrole nitrogens is 1. The third-order valence-electron chi connectivity index (χ3n) is 2.76. The van der Waals surface area contributed by atoms with Crippen LogP contribution in [0.15, 0.2) is 29.2 Å². The van der Waals surface area contributed by atoms with Crippen LogP contribution in [0.3, 0.4) is 0 Å². The highest BCUT2D eigenvalue weighted by atomic mass is 16.5. The van der Waals surface area contributed by atoms with Crippen LogP contribution in [-0.2, 0) is 6.42 Å². The van der Waals surface area contributed by atoms with Crippen molar-refractivity contribution in [3.8, 4) is 23.0 Å². The van der Waals surface area contributed by atoms with E-state index < -0.39 is 17.1 Å². The molecule has 4 N–H and O–H groups in total. The van der Waals surface area contributed by atoms with E-state index >= 15 is 0 Å². The van der Waals surface area contributed by atoms with Crippen molar-refractivity contribution in [1.29, 1.82) is 0 Å². The van der Waals surface area contributed by atoms with E-state index in [4.69, 9.17) is 4.74 Å². The first kappa shape index (κ1) is 12.8. The number of aromatic amines is 1. The minimum absolute atomic E-state index is 0.0137. The average Bonchev–Trinajstić information content (AvgIpc) is 2.41. The fourth-order valence-corrected chi connectivity index (χ4v) is 1.74. The van der Waals surface area contributed by atoms with Gasteiger partial charge in [-0.15, -0.1) is 0 Å². The Labute approximate surface area is 108 Å². The predicted molar refractivity (Wildman–Crippen MR) is 67.9 cm³/mol. The summed E-state index contributed by atoms with van der Waals surface area (Å²) in [6.07, 6.45) is 1.60. The number of aromatic hydroxyl groups is 3. The molecule has 0 bridgehead atoms. The summed E-state index contributed by atoms with van der Waals surface area (Å²) >= 11 is 0. The summed E-state index contributed by atoms with van der Waals surface area (Å²) in [5.74, 6) is -0.829. The summed E-state index contributed by atoms with van der Waals surface area (Å²) in [4.78, 5) is 13.4. The molecule has 0 aliphatic rings. The van der Waals surface area contributed by atoms with Crippen molar-refractivity contribution in [2.24, 2.45) is 0 Å². The number of pyridine rings is 1. The van der Waals surface area contributed by atoms with E-state index in [1.165, 1.54) is 19.4 Å². The van der Waals surface area contributed by atoms with Crippen LogP contribution >= 0.6 is 0 Å². The van der Waals surface area contributed by atoms with Gasteiger partial charge in [-0.2, -0.15) is 0 Å². The van der Waals surface area contributed by atoms with Gasteiger partial charge in [0, 0.05) is 18.2 Å². The molecule has 19 heavy (non-hydrogen) atoms. The molecule has 0 fully saturated rings. The first-order chi connectivity index (χ1) is 9.02. The van der Waals surface area contributed by atoms with Crippen molar-refractivity contribution in [3.63, 3.8) is 0 Å². The Morgan fingerprint density at radius 1 is 1.21 bits per heavy atom. The summed E-state index contributed by atoms with van der Waals surface area (Å²) in [6, 6.07) is 4.73. The van der Waals surface area contributed by atoms with E-state index in [1.54, 1.807) is 12.1 Å². The van der Waals surface area contributed by atoms with Gasteiger partial charge in [-0.1, -0.05) is 6.07 Å². The Morgan fingerprint density at radius 3 is 2.63 bits per heavy atom. The van der Waals surface area contributed by atoms with E-state index in [2.05, 4.69) is 4.98 Å². The van der Waals surface area contributed by atoms with Gasteiger partial charge in [0.05, 0.1) is 7.11 Å². The summed E-state index contributed by atoms with van der Waals surface area (Å²) in [5.41, 5.74) is 0.366. The first-order valence-electron chi connectivity index (χ1n) is 5.51. The highest BCUT2D eigenvalue weighted by Gasteiger charge is 2.11. The summed E-state index contributed by atoms with van der Waals surface area (Å²) in [5, 5.41) is 28.5. The fraction of sp³-hybridized carbons (Fsp3) is 0.154. The Kier molecular flexibility index (Phi) is 3.33. The molecule has 0 atom stereocenters. The Hall–Kier alpha value is -2.63. The molecule has 100 valence electrons. The maximum Gasteiger partial charge on any atom is 0.294 e. The number of phenols is 1. The number of methoxy groups -OCH3 is 1. The lowest BCUT2D eigenvalue weighted by Crippen LogP contribution is -2.06. The molecule has 0 aliphatic heterocycles. The van der Waals surface area contributed by atoms with Crippen LogP contribution in [0, 0.1) is 0 Å². The molecule has 0 radical (unpaired) electrons. The van der Waals surface area contributed by atoms with Crippen molar-refractivity contribution in [2.45, 2.75) is 6.42 Å². The second-order valence-electron chi connectivity index (χ2n) is 4.02. The van der Waals surface area contributed by atoms with Crippen LogP contribution in [0.2, 0.25) is 0 Å². The number of benzene rings is 1. The topological polar surface area (TPSA) is 103 Å². The molecule has 0 spiro atoms. The average molecular weight is 263 g/mol. The molecule has 0 saturated carbocycles. The maximum atomic E-state index is 11.1. The lowest BCUT2D eigenvalue weighted by atomic mass is 10.1. The van der Waals surface area contributed by atoms with Gasteiger partial charge >= 0.3 is 0 Å². The Bertz CT molecular complexity index is 663. The fourth-order valence-electron chi connectivity index (χ4n) is 1.74. The van der Waals surface area contributed by atoms with Crippen LogP contribution in [0.5, 0.6) is 23.0 Å². The lowest BCUT2D eigenvalue weighted by Gasteiger charge is -2.08. The molecule has 1 aromatic carbocycles. The Balaban J connectivity index is 2.36. The van der Waals surface area contributed by atoms with Gasteiger partial charge in [-0.25, -0.2) is 0 Å². The molecule has 0 unspecified atom stereocenters. The van der Waals surface area contributed by atoms with Crippen LogP contribution in [0.4, 0.5) is 0 Å². The molecule has 1 heterocycles. The molecular formula is C13H13NO5. The van der Waals surface area contributed by atoms with Gasteiger partial charge in [0.1, 0.15) is 0 Å². The normalized spacial score (nSPS) is 10.4. The van der Waals surface area contributed by atoms with Gasteiger partial charge in [0.2, 0.25) is 5.75 Å². The molecule has 0 aliphatic carbocycles. The number of hydrogen-bond acceptors (Lipinski definition) is 5. The standard InChI is InChI=1S/C13H13NO5/c1-19-10-5-7(2-3-9(10)15)4-8-6-14-13(18)12(17)11(8)16/h2-3,5-6,15,17H,4H2,1H3,(H2,14,16,18). The van der Waals surface area contributed by atoms with Crippen molar-refractivity contribution in [3.05, 3.63) is 45.9 Å². The second-order valence-corrected chi connectivity index (χ2v) is 4.02.